The van der Waals surface area contributed by atoms with Crippen molar-refractivity contribution in [2.45, 2.75) is 37.2 Å². The summed E-state index contributed by atoms with van der Waals surface area (Å²) in [7, 11) is -3.84. The zero-order valence-electron chi connectivity index (χ0n) is 16.0. The number of ketones is 1. The number of rotatable bonds is 6. The Bertz CT molecular complexity index is 998. The van der Waals surface area contributed by atoms with Crippen LogP contribution in [0.4, 0.5) is 4.39 Å². The molecule has 0 aromatic heterocycles. The fraction of sp³-hybridized carbons (Fsp3) is 0.333. The molecule has 1 fully saturated rings. The van der Waals surface area contributed by atoms with E-state index in [2.05, 4.69) is 0 Å². The van der Waals surface area contributed by atoms with E-state index < -0.39 is 33.7 Å². The predicted octanol–water partition coefficient (Wildman–Crippen LogP) is 3.43. The van der Waals surface area contributed by atoms with Crippen LogP contribution in [0.5, 0.6) is 0 Å². The van der Waals surface area contributed by atoms with Gasteiger partial charge in [0.15, 0.2) is 6.10 Å². The van der Waals surface area contributed by atoms with Crippen LogP contribution in [0.1, 0.15) is 46.9 Å². The number of hydrogen-bond donors (Lipinski definition) is 0. The number of piperidine rings is 1. The van der Waals surface area contributed by atoms with E-state index in [1.54, 1.807) is 6.07 Å². The molecule has 154 valence electrons. The van der Waals surface area contributed by atoms with E-state index in [4.69, 9.17) is 4.74 Å². The first-order valence-corrected chi connectivity index (χ1v) is 10.8. The second-order valence-corrected chi connectivity index (χ2v) is 8.79. The summed E-state index contributed by atoms with van der Waals surface area (Å²) in [6, 6.07) is 10.7. The van der Waals surface area contributed by atoms with Gasteiger partial charge in [-0.15, -0.1) is 0 Å². The van der Waals surface area contributed by atoms with Gasteiger partial charge in [-0.05, 0) is 56.2 Å². The molecule has 1 aliphatic heterocycles. The molecule has 3 rings (SSSR count). The first-order valence-electron chi connectivity index (χ1n) is 9.40. The number of nitrogens with zero attached hydrogens (tertiary/aromatic N) is 1. The van der Waals surface area contributed by atoms with Crippen molar-refractivity contribution >= 4 is 21.8 Å². The van der Waals surface area contributed by atoms with Gasteiger partial charge in [0.05, 0.1) is 10.5 Å². The first kappa shape index (κ1) is 21.1. The highest BCUT2D eigenvalue weighted by atomic mass is 32.2. The van der Waals surface area contributed by atoms with Gasteiger partial charge in [0.2, 0.25) is 15.8 Å². The van der Waals surface area contributed by atoms with Crippen LogP contribution in [-0.2, 0) is 14.8 Å². The van der Waals surface area contributed by atoms with Crippen molar-refractivity contribution in [1.82, 2.24) is 4.31 Å². The molecule has 0 aliphatic carbocycles. The van der Waals surface area contributed by atoms with Gasteiger partial charge >= 0.3 is 5.97 Å². The molecule has 1 saturated heterocycles. The minimum atomic E-state index is -3.84. The molecule has 6 nitrogen and oxygen atoms in total. The van der Waals surface area contributed by atoms with E-state index in [1.807, 2.05) is 0 Å². The monoisotopic (exact) mass is 419 g/mol. The maximum Gasteiger partial charge on any atom is 0.340 e. The van der Waals surface area contributed by atoms with Crippen LogP contribution >= 0.6 is 0 Å². The zero-order chi connectivity index (χ0) is 21.0. The predicted molar refractivity (Wildman–Crippen MR) is 105 cm³/mol. The first-order chi connectivity index (χ1) is 13.8. The zero-order valence-corrected chi connectivity index (χ0v) is 16.8. The Morgan fingerprint density at radius 1 is 1.00 bits per heavy atom. The Kier molecular flexibility index (Phi) is 6.44. The van der Waals surface area contributed by atoms with Gasteiger partial charge in [-0.2, -0.15) is 4.31 Å². The van der Waals surface area contributed by atoms with Crippen LogP contribution in [0.3, 0.4) is 0 Å². The molecule has 0 N–H and O–H groups in total. The van der Waals surface area contributed by atoms with Crippen molar-refractivity contribution < 1.29 is 27.1 Å². The molecule has 1 heterocycles. The molecule has 1 aliphatic rings. The summed E-state index contributed by atoms with van der Waals surface area (Å²) in [6.07, 6.45) is 1.36. The highest BCUT2D eigenvalue weighted by molar-refractivity contribution is 7.89. The summed E-state index contributed by atoms with van der Waals surface area (Å²) in [6.45, 7) is 2.21. The summed E-state index contributed by atoms with van der Waals surface area (Å²) >= 11 is 0. The lowest BCUT2D eigenvalue weighted by Gasteiger charge is -2.26. The Morgan fingerprint density at radius 3 is 2.28 bits per heavy atom. The number of carbonyl (C=O) groups excluding carboxylic acids is 2. The van der Waals surface area contributed by atoms with Crippen molar-refractivity contribution in [1.29, 1.82) is 0 Å². The molecule has 1 atom stereocenters. The molecular weight excluding hydrogens is 397 g/mol. The van der Waals surface area contributed by atoms with Crippen LogP contribution in [0.15, 0.2) is 53.4 Å². The van der Waals surface area contributed by atoms with Crippen LogP contribution in [0.2, 0.25) is 0 Å². The van der Waals surface area contributed by atoms with Crippen molar-refractivity contribution in [3.05, 3.63) is 65.5 Å². The van der Waals surface area contributed by atoms with Gasteiger partial charge < -0.3 is 4.74 Å². The standard InChI is InChI=1S/C21H22FNO5S/c1-15(20(24)16-9-11-17(22)12-10-16)28-21(25)18-7-3-4-8-19(18)29(26,27)23-13-5-2-6-14-23/h3-4,7-12,15H,2,5-6,13-14H2,1H3/t15-/m0/s1. The summed E-state index contributed by atoms with van der Waals surface area (Å²) in [5.74, 6) is -1.89. The van der Waals surface area contributed by atoms with Crippen LogP contribution in [-0.4, -0.2) is 43.7 Å². The van der Waals surface area contributed by atoms with Crippen molar-refractivity contribution in [3.63, 3.8) is 0 Å². The third kappa shape index (κ3) is 4.71. The number of hydrogen-bond acceptors (Lipinski definition) is 5. The van der Waals surface area contributed by atoms with E-state index in [0.29, 0.717) is 13.1 Å². The van der Waals surface area contributed by atoms with Gasteiger partial charge in [-0.25, -0.2) is 17.6 Å². The molecule has 0 saturated carbocycles. The Hall–Kier alpha value is -2.58. The summed E-state index contributed by atoms with van der Waals surface area (Å²) in [5, 5.41) is 0. The number of carbonyl (C=O) groups is 2. The summed E-state index contributed by atoms with van der Waals surface area (Å²) in [5.41, 5.74) is 0.0813. The number of halogens is 1. The summed E-state index contributed by atoms with van der Waals surface area (Å²) < 4.78 is 45.6. The quantitative estimate of drug-likeness (QED) is 0.529. The highest BCUT2D eigenvalue weighted by Crippen LogP contribution is 2.24. The Morgan fingerprint density at radius 2 is 1.62 bits per heavy atom. The molecule has 0 bridgehead atoms. The second kappa shape index (κ2) is 8.84. The average Bonchev–Trinajstić information content (AvgIpc) is 2.74. The van der Waals surface area contributed by atoms with E-state index in [1.165, 1.54) is 41.6 Å². The molecule has 2 aromatic carbocycles. The van der Waals surface area contributed by atoms with Gasteiger partial charge in [-0.3, -0.25) is 4.79 Å². The smallest absolute Gasteiger partial charge is 0.340 e. The molecule has 0 amide bonds. The Balaban J connectivity index is 1.81. The van der Waals surface area contributed by atoms with E-state index in [9.17, 15) is 22.4 Å². The Labute approximate surface area is 169 Å². The maximum absolute atomic E-state index is 13.0. The SMILES string of the molecule is C[C@H](OC(=O)c1ccccc1S(=O)(=O)N1CCCCC1)C(=O)c1ccc(F)cc1. The molecule has 0 unspecified atom stereocenters. The highest BCUT2D eigenvalue weighted by Gasteiger charge is 2.31. The van der Waals surface area contributed by atoms with Gasteiger partial charge in [0.1, 0.15) is 5.82 Å². The minimum Gasteiger partial charge on any atom is -0.451 e. The second-order valence-electron chi connectivity index (χ2n) is 6.88. The van der Waals surface area contributed by atoms with Crippen LogP contribution in [0.25, 0.3) is 0 Å². The summed E-state index contributed by atoms with van der Waals surface area (Å²) in [4.78, 5) is 25.0. The van der Waals surface area contributed by atoms with Crippen LogP contribution < -0.4 is 0 Å². The van der Waals surface area contributed by atoms with Crippen molar-refractivity contribution in [2.24, 2.45) is 0 Å². The third-order valence-corrected chi connectivity index (χ3v) is 6.78. The number of esters is 1. The number of sulfonamides is 1. The molecule has 0 radical (unpaired) electrons. The van der Waals surface area contributed by atoms with E-state index >= 15 is 0 Å². The number of benzene rings is 2. The topological polar surface area (TPSA) is 80.8 Å². The molecule has 2 aromatic rings. The lowest BCUT2D eigenvalue weighted by molar-refractivity contribution is 0.0315. The van der Waals surface area contributed by atoms with Gasteiger partial charge in [-0.1, -0.05) is 18.6 Å². The fourth-order valence-corrected chi connectivity index (χ4v) is 4.93. The van der Waals surface area contributed by atoms with Crippen LogP contribution in [0, 0.1) is 5.82 Å². The number of ether oxygens (including phenoxy) is 1. The lowest BCUT2D eigenvalue weighted by atomic mass is 10.1. The molecule has 29 heavy (non-hydrogen) atoms. The van der Waals surface area contributed by atoms with Gasteiger partial charge in [0.25, 0.3) is 0 Å². The average molecular weight is 419 g/mol. The molecular formula is C21H22FNO5S. The fourth-order valence-electron chi connectivity index (χ4n) is 3.23. The van der Waals surface area contributed by atoms with Crippen molar-refractivity contribution in [3.8, 4) is 0 Å². The maximum atomic E-state index is 13.0. The van der Waals surface area contributed by atoms with Crippen molar-refractivity contribution in [2.75, 3.05) is 13.1 Å². The third-order valence-electron chi connectivity index (χ3n) is 4.82. The minimum absolute atomic E-state index is 0.114. The van der Waals surface area contributed by atoms with Gasteiger partial charge in [0, 0.05) is 18.7 Å². The lowest BCUT2D eigenvalue weighted by Crippen LogP contribution is -2.36. The van der Waals surface area contributed by atoms with E-state index in [-0.39, 0.29) is 16.0 Å². The van der Waals surface area contributed by atoms with E-state index in [0.717, 1.165) is 31.4 Å². The molecule has 0 spiro atoms. The largest absolute Gasteiger partial charge is 0.451 e. The molecule has 8 heteroatoms. The number of Topliss-reactive ketones (excluding diaryl/α,β-unsaturated/α-hetero) is 1. The normalized spacial score (nSPS) is 16.2.